The Morgan fingerprint density at radius 3 is 2.80 bits per heavy atom. The van der Waals surface area contributed by atoms with Crippen LogP contribution in [0.1, 0.15) is 20.3 Å². The average Bonchev–Trinajstić information content (AvgIpc) is 3.11. The molecule has 2 heterocycles. The van der Waals surface area contributed by atoms with Crippen molar-refractivity contribution >= 4 is 55.8 Å². The summed E-state index contributed by atoms with van der Waals surface area (Å²) in [6.45, 7) is 3.19. The molecule has 4 rings (SSSR count). The lowest BCUT2D eigenvalue weighted by Gasteiger charge is -2.34. The van der Waals surface area contributed by atoms with E-state index >= 15 is 0 Å². The van der Waals surface area contributed by atoms with Crippen LogP contribution in [0.3, 0.4) is 0 Å². The Kier molecular flexibility index (Phi) is 5.37. The minimum absolute atomic E-state index is 0.0977. The van der Waals surface area contributed by atoms with Crippen molar-refractivity contribution in [2.24, 2.45) is 0 Å². The largest absolute Gasteiger partial charge is 0.482 e. The van der Waals surface area contributed by atoms with Crippen molar-refractivity contribution in [3.63, 3.8) is 0 Å². The van der Waals surface area contributed by atoms with Crippen LogP contribution in [-0.4, -0.2) is 35.4 Å². The first kappa shape index (κ1) is 19.8. The molecular formula is C21H20N4O4S. The first-order chi connectivity index (χ1) is 14.5. The molecule has 2 aromatic carbocycles. The highest BCUT2D eigenvalue weighted by atomic mass is 32.1. The summed E-state index contributed by atoms with van der Waals surface area (Å²) in [4.78, 5) is 42.7. The number of hydrogen-bond acceptors (Lipinski definition) is 6. The predicted octanol–water partition coefficient (Wildman–Crippen LogP) is 3.40. The van der Waals surface area contributed by atoms with Gasteiger partial charge in [0.05, 0.1) is 15.9 Å². The Labute approximate surface area is 176 Å². The van der Waals surface area contributed by atoms with Gasteiger partial charge in [-0.2, -0.15) is 0 Å². The molecule has 9 heteroatoms. The third-order valence-electron chi connectivity index (χ3n) is 4.68. The SMILES string of the molecule is CC[C@@H](C(=O)Nc1ccc2nc(NC(C)=O)sc2c1)N1C(=O)COc2ccccc21. The summed E-state index contributed by atoms with van der Waals surface area (Å²) < 4.78 is 6.31. The van der Waals surface area contributed by atoms with Crippen molar-refractivity contribution in [3.05, 3.63) is 42.5 Å². The van der Waals surface area contributed by atoms with Crippen molar-refractivity contribution < 1.29 is 19.1 Å². The molecule has 0 aliphatic carbocycles. The van der Waals surface area contributed by atoms with E-state index in [-0.39, 0.29) is 24.3 Å². The summed E-state index contributed by atoms with van der Waals surface area (Å²) in [7, 11) is 0. The number of nitrogens with zero attached hydrogens (tertiary/aromatic N) is 2. The molecule has 0 saturated carbocycles. The van der Waals surface area contributed by atoms with E-state index in [1.165, 1.54) is 23.2 Å². The van der Waals surface area contributed by atoms with Crippen LogP contribution in [0, 0.1) is 0 Å². The number of para-hydroxylation sites is 2. The lowest BCUT2D eigenvalue weighted by atomic mass is 10.1. The van der Waals surface area contributed by atoms with E-state index < -0.39 is 6.04 Å². The number of ether oxygens (including phenoxy) is 1. The quantitative estimate of drug-likeness (QED) is 0.654. The molecule has 1 atom stereocenters. The number of fused-ring (bicyclic) bond motifs is 2. The van der Waals surface area contributed by atoms with Gasteiger partial charge in [0.25, 0.3) is 5.91 Å². The molecule has 0 bridgehead atoms. The molecule has 0 spiro atoms. The molecule has 0 radical (unpaired) electrons. The second-order valence-corrected chi connectivity index (χ2v) is 7.85. The Morgan fingerprint density at radius 1 is 1.23 bits per heavy atom. The van der Waals surface area contributed by atoms with E-state index in [4.69, 9.17) is 4.74 Å². The van der Waals surface area contributed by atoms with Gasteiger partial charge in [-0.1, -0.05) is 30.4 Å². The predicted molar refractivity (Wildman–Crippen MR) is 116 cm³/mol. The summed E-state index contributed by atoms with van der Waals surface area (Å²) >= 11 is 1.32. The van der Waals surface area contributed by atoms with Gasteiger partial charge in [0.15, 0.2) is 11.7 Å². The number of amides is 3. The van der Waals surface area contributed by atoms with Crippen LogP contribution in [0.2, 0.25) is 0 Å². The molecular weight excluding hydrogens is 404 g/mol. The van der Waals surface area contributed by atoms with E-state index in [1.54, 1.807) is 30.3 Å². The number of nitrogens with one attached hydrogen (secondary N) is 2. The summed E-state index contributed by atoms with van der Waals surface area (Å²) in [5, 5.41) is 6.07. The van der Waals surface area contributed by atoms with E-state index in [0.29, 0.717) is 28.7 Å². The molecule has 1 aromatic heterocycles. The number of hydrogen-bond donors (Lipinski definition) is 2. The maximum Gasteiger partial charge on any atom is 0.265 e. The number of rotatable bonds is 5. The second kappa shape index (κ2) is 8.11. The minimum Gasteiger partial charge on any atom is -0.482 e. The van der Waals surface area contributed by atoms with Crippen LogP contribution < -0.4 is 20.3 Å². The van der Waals surface area contributed by atoms with Crippen molar-refractivity contribution in [3.8, 4) is 5.75 Å². The van der Waals surface area contributed by atoms with Gasteiger partial charge in [-0.3, -0.25) is 19.3 Å². The van der Waals surface area contributed by atoms with Gasteiger partial charge in [0.1, 0.15) is 11.8 Å². The van der Waals surface area contributed by atoms with Crippen LogP contribution in [0.5, 0.6) is 5.75 Å². The van der Waals surface area contributed by atoms with Crippen LogP contribution in [0.15, 0.2) is 42.5 Å². The average molecular weight is 424 g/mol. The Hall–Kier alpha value is -3.46. The van der Waals surface area contributed by atoms with E-state index in [9.17, 15) is 14.4 Å². The minimum atomic E-state index is -0.672. The Bertz CT molecular complexity index is 1140. The van der Waals surface area contributed by atoms with Gasteiger partial charge in [0.2, 0.25) is 11.8 Å². The van der Waals surface area contributed by atoms with Crippen molar-refractivity contribution in [1.29, 1.82) is 0 Å². The fourth-order valence-corrected chi connectivity index (χ4v) is 4.33. The zero-order valence-corrected chi connectivity index (χ0v) is 17.3. The molecule has 1 aliphatic heterocycles. The van der Waals surface area contributed by atoms with Gasteiger partial charge in [-0.05, 0) is 36.8 Å². The third kappa shape index (κ3) is 3.84. The van der Waals surface area contributed by atoms with Gasteiger partial charge >= 0.3 is 0 Å². The second-order valence-electron chi connectivity index (χ2n) is 6.82. The topological polar surface area (TPSA) is 101 Å². The smallest absolute Gasteiger partial charge is 0.265 e. The molecule has 0 unspecified atom stereocenters. The standard InChI is InChI=1S/C21H20N4O4S/c1-3-15(25-16-6-4-5-7-17(16)29-11-19(25)27)20(28)23-13-8-9-14-18(10-13)30-21(24-14)22-12(2)26/h4-10,15H,3,11H2,1-2H3,(H,23,28)(H,22,24,26)/t15-/m0/s1. The summed E-state index contributed by atoms with van der Waals surface area (Å²) in [6.07, 6.45) is 0.446. The molecule has 3 aromatic rings. The van der Waals surface area contributed by atoms with E-state index in [1.807, 2.05) is 19.1 Å². The number of anilines is 3. The highest BCUT2D eigenvalue weighted by molar-refractivity contribution is 7.22. The van der Waals surface area contributed by atoms with Gasteiger partial charge in [0, 0.05) is 12.6 Å². The Morgan fingerprint density at radius 2 is 2.03 bits per heavy atom. The van der Waals surface area contributed by atoms with E-state index in [0.717, 1.165) is 10.2 Å². The zero-order chi connectivity index (χ0) is 21.3. The number of carbonyl (C=O) groups excluding carboxylic acids is 3. The molecule has 8 nitrogen and oxygen atoms in total. The zero-order valence-electron chi connectivity index (χ0n) is 16.5. The van der Waals surface area contributed by atoms with Crippen LogP contribution in [-0.2, 0) is 14.4 Å². The number of aromatic nitrogens is 1. The van der Waals surface area contributed by atoms with Gasteiger partial charge < -0.3 is 15.4 Å². The molecule has 154 valence electrons. The first-order valence-corrected chi connectivity index (χ1v) is 10.3. The summed E-state index contributed by atoms with van der Waals surface area (Å²) in [6, 6.07) is 11.9. The molecule has 30 heavy (non-hydrogen) atoms. The fraction of sp³-hybridized carbons (Fsp3) is 0.238. The monoisotopic (exact) mass is 424 g/mol. The fourth-order valence-electron chi connectivity index (χ4n) is 3.38. The number of carbonyl (C=O) groups is 3. The molecule has 0 fully saturated rings. The van der Waals surface area contributed by atoms with Crippen LogP contribution >= 0.6 is 11.3 Å². The van der Waals surface area contributed by atoms with E-state index in [2.05, 4.69) is 15.6 Å². The van der Waals surface area contributed by atoms with Crippen LogP contribution in [0.25, 0.3) is 10.2 Å². The lowest BCUT2D eigenvalue weighted by Crippen LogP contribution is -2.50. The number of benzene rings is 2. The van der Waals surface area contributed by atoms with Crippen molar-refractivity contribution in [1.82, 2.24) is 4.98 Å². The maximum absolute atomic E-state index is 13.1. The molecule has 2 N–H and O–H groups in total. The van der Waals surface area contributed by atoms with Gasteiger partial charge in [-0.25, -0.2) is 4.98 Å². The van der Waals surface area contributed by atoms with Gasteiger partial charge in [-0.15, -0.1) is 0 Å². The highest BCUT2D eigenvalue weighted by Crippen LogP contribution is 2.34. The molecule has 0 saturated heterocycles. The summed E-state index contributed by atoms with van der Waals surface area (Å²) in [5.41, 5.74) is 1.91. The third-order valence-corrected chi connectivity index (χ3v) is 5.62. The normalized spacial score (nSPS) is 14.1. The number of thiazole rings is 1. The summed E-state index contributed by atoms with van der Waals surface area (Å²) in [5.74, 6) is -0.147. The first-order valence-electron chi connectivity index (χ1n) is 9.49. The Balaban J connectivity index is 1.58. The molecule has 1 aliphatic rings. The lowest BCUT2D eigenvalue weighted by molar-refractivity contribution is -0.125. The van der Waals surface area contributed by atoms with Crippen LogP contribution in [0.4, 0.5) is 16.5 Å². The molecule has 3 amide bonds. The van der Waals surface area contributed by atoms with Crippen molar-refractivity contribution in [2.45, 2.75) is 26.3 Å². The van der Waals surface area contributed by atoms with Crippen molar-refractivity contribution in [2.75, 3.05) is 22.1 Å². The maximum atomic E-state index is 13.1. The highest BCUT2D eigenvalue weighted by Gasteiger charge is 2.34.